The lowest BCUT2D eigenvalue weighted by atomic mass is 10.1. The Balaban J connectivity index is 2.52. The summed E-state index contributed by atoms with van der Waals surface area (Å²) in [6, 6.07) is 6.18. The topological polar surface area (TPSA) is 75.6 Å². The van der Waals surface area contributed by atoms with E-state index in [1.54, 1.807) is 19.1 Å². The first kappa shape index (κ1) is 17.1. The molecular weight excluding hydrogens is 278 g/mol. The lowest BCUT2D eigenvalue weighted by Crippen LogP contribution is -2.27. The number of sulfonamides is 1. The van der Waals surface area contributed by atoms with Gasteiger partial charge >= 0.3 is 0 Å². The van der Waals surface area contributed by atoms with Crippen LogP contribution in [0.1, 0.15) is 32.4 Å². The van der Waals surface area contributed by atoms with Gasteiger partial charge in [0.25, 0.3) is 0 Å². The summed E-state index contributed by atoms with van der Waals surface area (Å²) < 4.78 is 31.8. The van der Waals surface area contributed by atoms with Crippen molar-refractivity contribution in [2.75, 3.05) is 19.8 Å². The molecule has 0 aromatic heterocycles. The third kappa shape index (κ3) is 5.58. The van der Waals surface area contributed by atoms with Gasteiger partial charge in [-0.3, -0.25) is 0 Å². The molecule has 0 aliphatic carbocycles. The minimum absolute atomic E-state index is 0.186. The van der Waals surface area contributed by atoms with Gasteiger partial charge in [0.1, 0.15) is 0 Å². The zero-order valence-electron chi connectivity index (χ0n) is 12.2. The van der Waals surface area contributed by atoms with Crippen LogP contribution in [0.3, 0.4) is 0 Å². The summed E-state index contributed by atoms with van der Waals surface area (Å²) in [6.07, 6.45) is -0.607. The fourth-order valence-corrected chi connectivity index (χ4v) is 2.59. The van der Waals surface area contributed by atoms with Crippen LogP contribution in [0, 0.1) is 5.92 Å². The number of nitrogens with one attached hydrogen (secondary N) is 1. The van der Waals surface area contributed by atoms with E-state index < -0.39 is 16.1 Å². The maximum Gasteiger partial charge on any atom is 0.240 e. The monoisotopic (exact) mass is 301 g/mol. The number of hydrogen-bond donors (Lipinski definition) is 2. The average molecular weight is 301 g/mol. The average Bonchev–Trinajstić information content (AvgIpc) is 2.38. The Labute approximate surface area is 121 Å². The van der Waals surface area contributed by atoms with Crippen molar-refractivity contribution in [3.8, 4) is 0 Å². The van der Waals surface area contributed by atoms with Crippen LogP contribution in [0.2, 0.25) is 0 Å². The highest BCUT2D eigenvalue weighted by atomic mass is 32.2. The number of ether oxygens (including phenoxy) is 1. The Morgan fingerprint density at radius 2 is 1.80 bits per heavy atom. The molecule has 0 saturated heterocycles. The van der Waals surface area contributed by atoms with Gasteiger partial charge in [0.15, 0.2) is 0 Å². The minimum atomic E-state index is -3.52. The SMILES string of the molecule is CC(C)COCCNS(=O)(=O)c1ccc(C(C)O)cc1. The largest absolute Gasteiger partial charge is 0.389 e. The second kappa shape index (κ2) is 7.73. The van der Waals surface area contributed by atoms with Crippen molar-refractivity contribution < 1.29 is 18.3 Å². The fourth-order valence-electron chi connectivity index (χ4n) is 1.58. The molecule has 0 aliphatic heterocycles. The van der Waals surface area contributed by atoms with Crippen LogP contribution in [0.15, 0.2) is 29.2 Å². The first-order valence-electron chi connectivity index (χ1n) is 6.68. The number of aliphatic hydroxyl groups is 1. The third-order valence-corrected chi connectivity index (χ3v) is 4.14. The highest BCUT2D eigenvalue weighted by Gasteiger charge is 2.13. The van der Waals surface area contributed by atoms with Crippen LogP contribution in [0.4, 0.5) is 0 Å². The zero-order valence-corrected chi connectivity index (χ0v) is 13.0. The molecule has 0 saturated carbocycles. The Morgan fingerprint density at radius 1 is 1.20 bits per heavy atom. The number of hydrogen-bond acceptors (Lipinski definition) is 4. The predicted octanol–water partition coefficient (Wildman–Crippen LogP) is 1.69. The van der Waals surface area contributed by atoms with Crippen LogP contribution in [0.25, 0.3) is 0 Å². The molecular formula is C14H23NO4S. The van der Waals surface area contributed by atoms with Crippen LogP contribution >= 0.6 is 0 Å². The van der Waals surface area contributed by atoms with E-state index in [0.29, 0.717) is 24.7 Å². The van der Waals surface area contributed by atoms with E-state index in [0.717, 1.165) is 0 Å². The van der Waals surface area contributed by atoms with Gasteiger partial charge in [0.2, 0.25) is 10.0 Å². The van der Waals surface area contributed by atoms with Gasteiger partial charge in [-0.05, 0) is 30.5 Å². The van der Waals surface area contributed by atoms with E-state index in [9.17, 15) is 13.5 Å². The molecule has 0 aliphatic rings. The highest BCUT2D eigenvalue weighted by molar-refractivity contribution is 7.89. The molecule has 2 N–H and O–H groups in total. The third-order valence-electron chi connectivity index (χ3n) is 2.66. The fraction of sp³-hybridized carbons (Fsp3) is 0.571. The van der Waals surface area contributed by atoms with Crippen molar-refractivity contribution >= 4 is 10.0 Å². The Kier molecular flexibility index (Phi) is 6.61. The molecule has 0 spiro atoms. The van der Waals surface area contributed by atoms with Gasteiger partial charge in [-0.25, -0.2) is 13.1 Å². The molecule has 1 rings (SSSR count). The van der Waals surface area contributed by atoms with Gasteiger partial charge < -0.3 is 9.84 Å². The van der Waals surface area contributed by atoms with Gasteiger partial charge in [-0.1, -0.05) is 26.0 Å². The lowest BCUT2D eigenvalue weighted by Gasteiger charge is -2.10. The summed E-state index contributed by atoms with van der Waals surface area (Å²) in [4.78, 5) is 0.186. The van der Waals surface area contributed by atoms with E-state index >= 15 is 0 Å². The smallest absolute Gasteiger partial charge is 0.240 e. The normalized spacial score (nSPS) is 13.7. The van der Waals surface area contributed by atoms with Crippen molar-refractivity contribution in [2.45, 2.75) is 31.8 Å². The Bertz CT molecular complexity index is 494. The molecule has 0 radical (unpaired) electrons. The van der Waals surface area contributed by atoms with Crippen molar-refractivity contribution in [1.82, 2.24) is 4.72 Å². The summed E-state index contributed by atoms with van der Waals surface area (Å²) in [6.45, 7) is 6.91. The summed E-state index contributed by atoms with van der Waals surface area (Å²) in [7, 11) is -3.52. The van der Waals surface area contributed by atoms with E-state index in [4.69, 9.17) is 4.74 Å². The second-order valence-corrected chi connectivity index (χ2v) is 6.88. The zero-order chi connectivity index (χ0) is 15.2. The van der Waals surface area contributed by atoms with E-state index in [2.05, 4.69) is 4.72 Å². The summed E-state index contributed by atoms with van der Waals surface area (Å²) in [5, 5.41) is 9.38. The predicted molar refractivity (Wildman–Crippen MR) is 77.9 cm³/mol. The van der Waals surface area contributed by atoms with Crippen molar-refractivity contribution in [3.63, 3.8) is 0 Å². The van der Waals surface area contributed by atoms with E-state index in [-0.39, 0.29) is 11.4 Å². The molecule has 0 bridgehead atoms. The maximum absolute atomic E-state index is 12.0. The first-order chi connectivity index (χ1) is 9.33. The first-order valence-corrected chi connectivity index (χ1v) is 8.16. The second-order valence-electron chi connectivity index (χ2n) is 5.11. The Morgan fingerprint density at radius 3 is 2.30 bits per heavy atom. The van der Waals surface area contributed by atoms with Crippen LogP contribution < -0.4 is 4.72 Å². The maximum atomic E-state index is 12.0. The quantitative estimate of drug-likeness (QED) is 0.717. The lowest BCUT2D eigenvalue weighted by molar-refractivity contribution is 0.114. The number of benzene rings is 1. The Hall–Kier alpha value is -0.950. The summed E-state index contributed by atoms with van der Waals surface area (Å²) in [5.41, 5.74) is 0.684. The molecule has 0 fully saturated rings. The molecule has 1 aromatic rings. The van der Waals surface area contributed by atoms with E-state index in [1.807, 2.05) is 13.8 Å². The van der Waals surface area contributed by atoms with Crippen LogP contribution in [-0.2, 0) is 14.8 Å². The van der Waals surface area contributed by atoms with Gasteiger partial charge in [-0.15, -0.1) is 0 Å². The summed E-state index contributed by atoms with van der Waals surface area (Å²) >= 11 is 0. The van der Waals surface area contributed by atoms with Gasteiger partial charge in [0, 0.05) is 13.2 Å². The minimum Gasteiger partial charge on any atom is -0.389 e. The molecule has 6 heteroatoms. The molecule has 114 valence electrons. The van der Waals surface area contributed by atoms with Crippen molar-refractivity contribution in [2.24, 2.45) is 5.92 Å². The highest BCUT2D eigenvalue weighted by Crippen LogP contribution is 2.15. The molecule has 5 nitrogen and oxygen atoms in total. The summed E-state index contributed by atoms with van der Waals surface area (Å²) in [5.74, 6) is 0.430. The number of aliphatic hydroxyl groups excluding tert-OH is 1. The van der Waals surface area contributed by atoms with Gasteiger partial charge in [0.05, 0.1) is 17.6 Å². The van der Waals surface area contributed by atoms with Crippen LogP contribution in [0.5, 0.6) is 0 Å². The molecule has 1 atom stereocenters. The molecule has 20 heavy (non-hydrogen) atoms. The molecule has 1 unspecified atom stereocenters. The van der Waals surface area contributed by atoms with Crippen molar-refractivity contribution in [1.29, 1.82) is 0 Å². The van der Waals surface area contributed by atoms with Gasteiger partial charge in [-0.2, -0.15) is 0 Å². The van der Waals surface area contributed by atoms with Crippen molar-refractivity contribution in [3.05, 3.63) is 29.8 Å². The standard InChI is InChI=1S/C14H23NO4S/c1-11(2)10-19-9-8-15-20(17,18)14-6-4-13(5-7-14)12(3)16/h4-7,11-12,15-16H,8-10H2,1-3H3. The number of rotatable bonds is 8. The van der Waals surface area contributed by atoms with Crippen LogP contribution in [-0.4, -0.2) is 33.3 Å². The molecule has 1 aromatic carbocycles. The molecule has 0 amide bonds. The molecule has 0 heterocycles. The van der Waals surface area contributed by atoms with E-state index in [1.165, 1.54) is 12.1 Å².